The summed E-state index contributed by atoms with van der Waals surface area (Å²) in [5.74, 6) is 0.501. The molecular weight excluding hydrogens is 324 g/mol. The number of fused-ring (bicyclic) bond motifs is 1. The van der Waals surface area contributed by atoms with Crippen LogP contribution in [-0.4, -0.2) is 24.3 Å². The molecule has 0 spiro atoms. The fraction of sp³-hybridized carbons (Fsp3) is 0.533. The molecule has 0 radical (unpaired) electrons. The van der Waals surface area contributed by atoms with E-state index in [2.05, 4.69) is 15.9 Å². The normalized spacial score (nSPS) is 20.4. The first-order valence-corrected chi connectivity index (χ1v) is 7.76. The molecule has 0 atom stereocenters. The fourth-order valence-electron chi connectivity index (χ4n) is 3.18. The molecule has 0 amide bonds. The van der Waals surface area contributed by atoms with Gasteiger partial charge in [-0.2, -0.15) is 0 Å². The lowest BCUT2D eigenvalue weighted by atomic mass is 9.78. The quantitative estimate of drug-likeness (QED) is 0.894. The van der Waals surface area contributed by atoms with Gasteiger partial charge in [0.2, 0.25) is 0 Å². The molecular formula is C15H17BrO4. The van der Waals surface area contributed by atoms with Crippen LogP contribution in [0.1, 0.15) is 37.7 Å². The Morgan fingerprint density at radius 2 is 1.75 bits per heavy atom. The number of aliphatic carboxylic acids is 1. The zero-order valence-corrected chi connectivity index (χ0v) is 12.7. The molecule has 0 unspecified atom stereocenters. The van der Waals surface area contributed by atoms with Gasteiger partial charge in [-0.15, -0.1) is 0 Å². The third kappa shape index (κ3) is 2.08. The van der Waals surface area contributed by atoms with Gasteiger partial charge in [-0.3, -0.25) is 4.79 Å². The number of benzene rings is 1. The molecule has 1 aromatic carbocycles. The van der Waals surface area contributed by atoms with Crippen molar-refractivity contribution in [2.45, 2.75) is 37.5 Å². The Morgan fingerprint density at radius 3 is 2.40 bits per heavy atom. The predicted molar refractivity (Wildman–Crippen MR) is 77.5 cm³/mol. The predicted octanol–water partition coefficient (Wildman–Crippen LogP) is 3.51. The Balaban J connectivity index is 2.16. The van der Waals surface area contributed by atoms with Crippen molar-refractivity contribution < 1.29 is 19.4 Å². The molecule has 20 heavy (non-hydrogen) atoms. The van der Waals surface area contributed by atoms with Crippen LogP contribution in [-0.2, 0) is 10.2 Å². The number of carboxylic acid groups (broad SMARTS) is 1. The van der Waals surface area contributed by atoms with E-state index in [9.17, 15) is 9.90 Å². The zero-order valence-electron chi connectivity index (χ0n) is 11.2. The first-order chi connectivity index (χ1) is 9.65. The van der Waals surface area contributed by atoms with Crippen molar-refractivity contribution in [1.82, 2.24) is 0 Å². The Kier molecular flexibility index (Phi) is 3.63. The van der Waals surface area contributed by atoms with Gasteiger partial charge >= 0.3 is 5.97 Å². The molecule has 1 aliphatic heterocycles. The average molecular weight is 341 g/mol. The Hall–Kier alpha value is -1.23. The minimum atomic E-state index is -0.821. The highest BCUT2D eigenvalue weighted by atomic mass is 79.9. The highest BCUT2D eigenvalue weighted by Crippen LogP contribution is 2.50. The van der Waals surface area contributed by atoms with Crippen LogP contribution in [0.4, 0.5) is 0 Å². The van der Waals surface area contributed by atoms with Crippen LogP contribution in [0.5, 0.6) is 11.5 Å². The van der Waals surface area contributed by atoms with Crippen LogP contribution in [0.2, 0.25) is 0 Å². The van der Waals surface area contributed by atoms with E-state index in [-0.39, 0.29) is 0 Å². The van der Waals surface area contributed by atoms with Gasteiger partial charge in [0.25, 0.3) is 0 Å². The second-order valence-corrected chi connectivity index (χ2v) is 6.25. The van der Waals surface area contributed by atoms with Crippen molar-refractivity contribution >= 4 is 21.9 Å². The second-order valence-electron chi connectivity index (χ2n) is 5.40. The van der Waals surface area contributed by atoms with Crippen molar-refractivity contribution in [2.75, 3.05) is 13.2 Å². The van der Waals surface area contributed by atoms with Gasteiger partial charge in [0.15, 0.2) is 11.5 Å². The molecule has 3 rings (SSSR count). The number of hydrogen-bond donors (Lipinski definition) is 1. The van der Waals surface area contributed by atoms with Crippen LogP contribution in [0.15, 0.2) is 16.6 Å². The zero-order chi connectivity index (χ0) is 14.2. The fourth-order valence-corrected chi connectivity index (χ4v) is 3.60. The summed E-state index contributed by atoms with van der Waals surface area (Å²) in [5.41, 5.74) is -0.0547. The van der Waals surface area contributed by atoms with Crippen molar-refractivity contribution in [1.29, 1.82) is 0 Å². The van der Waals surface area contributed by atoms with Gasteiger partial charge in [-0.05, 0) is 34.8 Å². The van der Waals surface area contributed by atoms with E-state index in [0.717, 1.165) is 29.3 Å². The summed E-state index contributed by atoms with van der Waals surface area (Å²) >= 11 is 3.46. The van der Waals surface area contributed by atoms with Gasteiger partial charge in [0.05, 0.1) is 23.1 Å². The lowest BCUT2D eigenvalue weighted by Gasteiger charge is -2.27. The Morgan fingerprint density at radius 1 is 1.10 bits per heavy atom. The lowest BCUT2D eigenvalue weighted by Crippen LogP contribution is -2.33. The summed E-state index contributed by atoms with van der Waals surface area (Å²) in [6.45, 7) is 1.15. The SMILES string of the molecule is O=C(O)C1(c2ccc(Br)c3c2OCCCO3)CCCC1. The first-order valence-electron chi connectivity index (χ1n) is 6.97. The Bertz CT molecular complexity index is 535. The molecule has 1 N–H and O–H groups in total. The smallest absolute Gasteiger partial charge is 0.314 e. The van der Waals surface area contributed by atoms with Crippen LogP contribution in [0, 0.1) is 0 Å². The summed E-state index contributed by atoms with van der Waals surface area (Å²) in [5, 5.41) is 9.75. The summed E-state index contributed by atoms with van der Waals surface area (Å²) in [6, 6.07) is 3.74. The molecule has 108 valence electrons. The molecule has 1 aromatic rings. The van der Waals surface area contributed by atoms with Gasteiger partial charge in [0, 0.05) is 12.0 Å². The van der Waals surface area contributed by atoms with Crippen molar-refractivity contribution in [3.63, 3.8) is 0 Å². The number of ether oxygens (including phenoxy) is 2. The maximum absolute atomic E-state index is 11.9. The van der Waals surface area contributed by atoms with Crippen LogP contribution >= 0.6 is 15.9 Å². The van der Waals surface area contributed by atoms with E-state index < -0.39 is 11.4 Å². The molecule has 0 saturated heterocycles. The molecule has 5 heteroatoms. The van der Waals surface area contributed by atoms with Gasteiger partial charge < -0.3 is 14.6 Å². The van der Waals surface area contributed by atoms with E-state index in [1.54, 1.807) is 0 Å². The molecule has 2 aliphatic rings. The van der Waals surface area contributed by atoms with Crippen LogP contribution < -0.4 is 9.47 Å². The minimum absolute atomic E-state index is 0.562. The summed E-state index contributed by atoms with van der Waals surface area (Å²) in [6.07, 6.45) is 4.02. The van der Waals surface area contributed by atoms with E-state index in [1.165, 1.54) is 0 Å². The molecule has 1 saturated carbocycles. The highest BCUT2D eigenvalue weighted by molar-refractivity contribution is 9.10. The number of hydrogen-bond acceptors (Lipinski definition) is 3. The number of rotatable bonds is 2. The van der Waals surface area contributed by atoms with E-state index in [1.807, 2.05) is 12.1 Å². The van der Waals surface area contributed by atoms with E-state index >= 15 is 0 Å². The van der Waals surface area contributed by atoms with Crippen LogP contribution in [0.3, 0.4) is 0 Å². The lowest BCUT2D eigenvalue weighted by molar-refractivity contribution is -0.143. The molecule has 1 aliphatic carbocycles. The van der Waals surface area contributed by atoms with Crippen molar-refractivity contribution in [2.24, 2.45) is 0 Å². The monoisotopic (exact) mass is 340 g/mol. The van der Waals surface area contributed by atoms with E-state index in [4.69, 9.17) is 9.47 Å². The van der Waals surface area contributed by atoms with Crippen molar-refractivity contribution in [3.8, 4) is 11.5 Å². The largest absolute Gasteiger partial charge is 0.489 e. The summed E-state index contributed by atoms with van der Waals surface area (Å²) in [7, 11) is 0. The van der Waals surface area contributed by atoms with Crippen molar-refractivity contribution in [3.05, 3.63) is 22.2 Å². The Labute approximate surface area is 126 Å². The third-order valence-electron chi connectivity index (χ3n) is 4.23. The number of carbonyl (C=O) groups is 1. The molecule has 0 aromatic heterocycles. The van der Waals surface area contributed by atoms with Gasteiger partial charge in [-0.25, -0.2) is 0 Å². The molecule has 1 fully saturated rings. The summed E-state index contributed by atoms with van der Waals surface area (Å²) < 4.78 is 12.4. The summed E-state index contributed by atoms with van der Waals surface area (Å²) in [4.78, 5) is 11.9. The van der Waals surface area contributed by atoms with Crippen LogP contribution in [0.25, 0.3) is 0 Å². The third-order valence-corrected chi connectivity index (χ3v) is 4.85. The first kappa shape index (κ1) is 13.7. The maximum Gasteiger partial charge on any atom is 0.314 e. The van der Waals surface area contributed by atoms with E-state index in [0.29, 0.717) is 37.6 Å². The van der Waals surface area contributed by atoms with Gasteiger partial charge in [0.1, 0.15) is 0 Å². The molecule has 4 nitrogen and oxygen atoms in total. The maximum atomic E-state index is 11.9. The number of carboxylic acids is 1. The number of halogens is 1. The molecule has 0 bridgehead atoms. The average Bonchev–Trinajstić information content (AvgIpc) is 2.79. The standard InChI is InChI=1S/C15H17BrO4/c16-11-5-4-10(12-13(11)20-9-3-8-19-12)15(14(17)18)6-1-2-7-15/h4-5H,1-3,6-9H2,(H,17,18). The minimum Gasteiger partial charge on any atom is -0.489 e. The van der Waals surface area contributed by atoms with Gasteiger partial charge in [-0.1, -0.05) is 18.9 Å². The highest BCUT2D eigenvalue weighted by Gasteiger charge is 2.45. The topological polar surface area (TPSA) is 55.8 Å². The second kappa shape index (κ2) is 5.28. The molecule has 1 heterocycles.